The number of hydrogen-bond acceptors (Lipinski definition) is 3. The molecule has 5 rings (SSSR count). The molecule has 2 aliphatic rings. The Labute approximate surface area is 144 Å². The standard InChI is InChI=1S/C21H16N2O2/c1-21-11-14-18(22-16-8-4-2-6-12(16)19(14)24)10-15(21)20(25)13-7-3-5-9-17(13)23-21/h2-10,23H,11H2,1H3,(H,22,24). The number of fused-ring (bicyclic) bond motifs is 4. The topological polar surface area (TPSA) is 62.0 Å². The average molecular weight is 328 g/mol. The summed E-state index contributed by atoms with van der Waals surface area (Å²) in [6.45, 7) is 1.99. The molecular formula is C21H16N2O2. The van der Waals surface area contributed by atoms with Gasteiger partial charge in [0.2, 0.25) is 0 Å². The van der Waals surface area contributed by atoms with Crippen molar-refractivity contribution >= 4 is 28.4 Å². The lowest BCUT2D eigenvalue weighted by Crippen LogP contribution is -2.48. The van der Waals surface area contributed by atoms with E-state index in [0.29, 0.717) is 22.9 Å². The second-order valence-corrected chi connectivity index (χ2v) is 6.96. The molecule has 0 spiro atoms. The van der Waals surface area contributed by atoms with Crippen LogP contribution in [0.1, 0.15) is 28.5 Å². The van der Waals surface area contributed by atoms with E-state index in [1.54, 1.807) is 0 Å². The first-order chi connectivity index (χ1) is 12.1. The van der Waals surface area contributed by atoms with Gasteiger partial charge >= 0.3 is 0 Å². The van der Waals surface area contributed by atoms with E-state index in [4.69, 9.17) is 0 Å². The van der Waals surface area contributed by atoms with Gasteiger partial charge in [0.05, 0.1) is 5.54 Å². The molecule has 1 aliphatic carbocycles. The third kappa shape index (κ3) is 1.88. The third-order valence-corrected chi connectivity index (χ3v) is 5.28. The lowest BCUT2D eigenvalue weighted by Gasteiger charge is -2.41. The fraction of sp³-hybridized carbons (Fsp3) is 0.143. The molecule has 122 valence electrons. The van der Waals surface area contributed by atoms with Crippen LogP contribution in [0.4, 0.5) is 5.69 Å². The highest BCUT2D eigenvalue weighted by Crippen LogP contribution is 2.40. The zero-order chi connectivity index (χ0) is 17.2. The number of pyridine rings is 1. The van der Waals surface area contributed by atoms with Crippen molar-refractivity contribution in [2.24, 2.45) is 0 Å². The van der Waals surface area contributed by atoms with Crippen molar-refractivity contribution in [2.45, 2.75) is 18.9 Å². The molecule has 1 unspecified atom stereocenters. The Hall–Kier alpha value is -3.14. The molecule has 1 aromatic heterocycles. The Kier molecular flexibility index (Phi) is 2.67. The van der Waals surface area contributed by atoms with Crippen LogP contribution in [0.2, 0.25) is 0 Å². The average Bonchev–Trinajstić information content (AvgIpc) is 2.62. The number of Topliss-reactive ketones (excluding diaryl/α,β-unsaturated/α-hetero) is 1. The number of nitrogens with one attached hydrogen (secondary N) is 2. The first-order valence-electron chi connectivity index (χ1n) is 8.35. The highest BCUT2D eigenvalue weighted by Gasteiger charge is 2.42. The van der Waals surface area contributed by atoms with Crippen LogP contribution in [-0.4, -0.2) is 16.3 Å². The van der Waals surface area contributed by atoms with Crippen LogP contribution in [0, 0.1) is 0 Å². The Morgan fingerprint density at radius 3 is 2.64 bits per heavy atom. The molecule has 0 saturated heterocycles. The number of benzene rings is 2. The maximum Gasteiger partial charge on any atom is 0.193 e. The maximum absolute atomic E-state index is 13.0. The van der Waals surface area contributed by atoms with Gasteiger partial charge < -0.3 is 10.3 Å². The number of anilines is 1. The van der Waals surface area contributed by atoms with Gasteiger partial charge in [0.15, 0.2) is 11.2 Å². The van der Waals surface area contributed by atoms with Crippen molar-refractivity contribution in [1.82, 2.24) is 4.98 Å². The number of H-pyrrole nitrogens is 1. The van der Waals surface area contributed by atoms with Gasteiger partial charge in [-0.25, -0.2) is 0 Å². The van der Waals surface area contributed by atoms with E-state index in [9.17, 15) is 9.59 Å². The fourth-order valence-corrected chi connectivity index (χ4v) is 4.01. The number of aromatic amines is 1. The van der Waals surface area contributed by atoms with Crippen molar-refractivity contribution in [3.63, 3.8) is 0 Å². The molecule has 0 bridgehead atoms. The molecule has 0 fully saturated rings. The lowest BCUT2D eigenvalue weighted by molar-refractivity contribution is 0.101. The molecule has 2 aromatic carbocycles. The predicted octanol–water partition coefficient (Wildman–Crippen LogP) is 3.53. The van der Waals surface area contributed by atoms with Gasteiger partial charge in [0.25, 0.3) is 0 Å². The normalized spacial score (nSPS) is 21.0. The smallest absolute Gasteiger partial charge is 0.193 e. The maximum atomic E-state index is 13.0. The molecule has 2 N–H and O–H groups in total. The molecule has 4 nitrogen and oxygen atoms in total. The summed E-state index contributed by atoms with van der Waals surface area (Å²) in [6, 6.07) is 15.0. The molecule has 2 heterocycles. The van der Waals surface area contributed by atoms with E-state index in [1.165, 1.54) is 0 Å². The minimum absolute atomic E-state index is 0.0245. The quantitative estimate of drug-likeness (QED) is 0.663. The first kappa shape index (κ1) is 14.2. The van der Waals surface area contributed by atoms with Gasteiger partial charge in [-0.2, -0.15) is 0 Å². The van der Waals surface area contributed by atoms with E-state index < -0.39 is 5.54 Å². The van der Waals surface area contributed by atoms with Crippen molar-refractivity contribution in [3.05, 3.63) is 81.1 Å². The molecule has 1 atom stereocenters. The monoisotopic (exact) mass is 328 g/mol. The summed E-state index contributed by atoms with van der Waals surface area (Å²) in [5.41, 5.74) is 3.93. The highest BCUT2D eigenvalue weighted by molar-refractivity contribution is 6.18. The predicted molar refractivity (Wildman–Crippen MR) is 99.0 cm³/mol. The summed E-state index contributed by atoms with van der Waals surface area (Å²) in [6.07, 6.45) is 2.33. The van der Waals surface area contributed by atoms with Crippen LogP contribution in [0.5, 0.6) is 0 Å². The number of aromatic nitrogens is 1. The minimum atomic E-state index is -0.576. The second-order valence-electron chi connectivity index (χ2n) is 6.96. The summed E-state index contributed by atoms with van der Waals surface area (Å²) in [5, 5.41) is 4.16. The Balaban J connectivity index is 1.79. The lowest BCUT2D eigenvalue weighted by atomic mass is 9.73. The van der Waals surface area contributed by atoms with Gasteiger partial charge in [0.1, 0.15) is 0 Å². The molecular weight excluding hydrogens is 312 g/mol. The number of para-hydroxylation sites is 2. The molecule has 0 radical (unpaired) electrons. The Morgan fingerprint density at radius 2 is 1.76 bits per heavy atom. The van der Waals surface area contributed by atoms with Gasteiger partial charge in [0, 0.05) is 45.4 Å². The van der Waals surface area contributed by atoms with Gasteiger partial charge in [-0.1, -0.05) is 24.3 Å². The number of rotatable bonds is 0. The zero-order valence-corrected chi connectivity index (χ0v) is 13.7. The number of carbonyl (C=O) groups is 1. The van der Waals surface area contributed by atoms with Crippen molar-refractivity contribution < 1.29 is 4.79 Å². The van der Waals surface area contributed by atoms with Crippen LogP contribution in [0.3, 0.4) is 0 Å². The molecule has 25 heavy (non-hydrogen) atoms. The summed E-state index contributed by atoms with van der Waals surface area (Å²) >= 11 is 0. The third-order valence-electron chi connectivity index (χ3n) is 5.28. The number of ketones is 1. The second kappa shape index (κ2) is 4.70. The van der Waals surface area contributed by atoms with Crippen LogP contribution in [0.25, 0.3) is 17.0 Å². The summed E-state index contributed by atoms with van der Waals surface area (Å²) in [4.78, 5) is 29.3. The van der Waals surface area contributed by atoms with E-state index in [0.717, 1.165) is 22.5 Å². The molecule has 4 heteroatoms. The van der Waals surface area contributed by atoms with Crippen LogP contribution < -0.4 is 10.7 Å². The van der Waals surface area contributed by atoms with Gasteiger partial charge in [-0.15, -0.1) is 0 Å². The first-order valence-corrected chi connectivity index (χ1v) is 8.35. The molecule has 1 aliphatic heterocycles. The Bertz CT molecular complexity index is 1160. The van der Waals surface area contributed by atoms with Gasteiger partial charge in [-0.05, 0) is 37.3 Å². The fourth-order valence-electron chi connectivity index (χ4n) is 4.01. The largest absolute Gasteiger partial charge is 0.375 e. The minimum Gasteiger partial charge on any atom is -0.375 e. The summed E-state index contributed by atoms with van der Waals surface area (Å²) in [7, 11) is 0. The number of hydrogen-bond donors (Lipinski definition) is 2. The van der Waals surface area contributed by atoms with E-state index in [1.807, 2.05) is 61.5 Å². The van der Waals surface area contributed by atoms with Gasteiger partial charge in [-0.3, -0.25) is 9.59 Å². The van der Waals surface area contributed by atoms with E-state index in [-0.39, 0.29) is 11.2 Å². The van der Waals surface area contributed by atoms with Crippen LogP contribution in [0.15, 0.2) is 58.9 Å². The highest BCUT2D eigenvalue weighted by atomic mass is 16.1. The number of carbonyl (C=O) groups excluding carboxylic acids is 1. The van der Waals surface area contributed by atoms with E-state index >= 15 is 0 Å². The van der Waals surface area contributed by atoms with Crippen molar-refractivity contribution in [1.29, 1.82) is 0 Å². The molecule has 3 aromatic rings. The van der Waals surface area contributed by atoms with Crippen LogP contribution in [-0.2, 0) is 6.42 Å². The van der Waals surface area contributed by atoms with Crippen molar-refractivity contribution in [2.75, 3.05) is 5.32 Å². The summed E-state index contributed by atoms with van der Waals surface area (Å²) in [5.74, 6) is 0.0245. The summed E-state index contributed by atoms with van der Waals surface area (Å²) < 4.78 is 0. The zero-order valence-electron chi connectivity index (χ0n) is 13.7. The van der Waals surface area contributed by atoms with Crippen LogP contribution >= 0.6 is 0 Å². The molecule has 0 amide bonds. The SMILES string of the molecule is CC12Cc3c([nH]c4ccccc4c3=O)C=C1C(=O)c1ccccc1N2. The van der Waals surface area contributed by atoms with E-state index in [2.05, 4.69) is 10.3 Å². The Morgan fingerprint density at radius 1 is 1.00 bits per heavy atom. The molecule has 0 saturated carbocycles. The van der Waals surface area contributed by atoms with Crippen molar-refractivity contribution in [3.8, 4) is 0 Å².